The number of carbonyl (C=O) groups excluding carboxylic acids is 6. The van der Waals surface area contributed by atoms with Crippen LogP contribution in [0.2, 0.25) is 0 Å². The summed E-state index contributed by atoms with van der Waals surface area (Å²) >= 11 is 0. The molecule has 1 fully saturated rings. The Balaban J connectivity index is 1.69. The van der Waals surface area contributed by atoms with Gasteiger partial charge in [-0.05, 0) is 56.2 Å². The Bertz CT molecular complexity index is 1720. The maximum Gasteiger partial charge on any atom is 0.254 e. The molecule has 3 rings (SSSR count). The molecule has 0 radical (unpaired) electrons. The maximum atomic E-state index is 14.1. The van der Waals surface area contributed by atoms with Gasteiger partial charge in [-0.2, -0.15) is 0 Å². The lowest BCUT2D eigenvalue weighted by Crippen LogP contribution is -2.56. The van der Waals surface area contributed by atoms with E-state index in [1.165, 1.54) is 38.0 Å². The van der Waals surface area contributed by atoms with Crippen LogP contribution in [0.15, 0.2) is 54.6 Å². The minimum Gasteiger partial charge on any atom is -0.386 e. The first-order valence-corrected chi connectivity index (χ1v) is 20.7. The van der Waals surface area contributed by atoms with Gasteiger partial charge in [-0.15, -0.1) is 0 Å². The zero-order valence-corrected chi connectivity index (χ0v) is 36.8. The van der Waals surface area contributed by atoms with E-state index in [0.29, 0.717) is 36.1 Å². The lowest BCUT2D eigenvalue weighted by atomic mass is 9.90. The van der Waals surface area contributed by atoms with E-state index in [4.69, 9.17) is 9.47 Å². The quantitative estimate of drug-likeness (QED) is 0.156. The number of likely N-dealkylation sites (tertiary alicyclic amines) is 1. The first kappa shape index (κ1) is 48.7. The highest BCUT2D eigenvalue weighted by Gasteiger charge is 2.42. The number of hydrogen-bond donors (Lipinski definition) is 3. The van der Waals surface area contributed by atoms with Gasteiger partial charge in [0.25, 0.3) is 5.91 Å². The molecule has 3 N–H and O–H groups in total. The number of aliphatic hydroxyl groups excluding tert-OH is 1. The van der Waals surface area contributed by atoms with Crippen LogP contribution < -0.4 is 10.6 Å². The number of benzene rings is 2. The van der Waals surface area contributed by atoms with Crippen molar-refractivity contribution in [3.63, 3.8) is 0 Å². The number of nitrogens with zero attached hydrogens (tertiary/aromatic N) is 3. The molecule has 1 aliphatic heterocycles. The van der Waals surface area contributed by atoms with E-state index >= 15 is 0 Å². The molecule has 1 heterocycles. The van der Waals surface area contributed by atoms with Crippen LogP contribution in [-0.2, 0) is 28.7 Å². The van der Waals surface area contributed by atoms with E-state index in [9.17, 15) is 33.9 Å². The second-order valence-corrected chi connectivity index (χ2v) is 16.3. The number of methoxy groups -OCH3 is 2. The SMILES string of the molecule is CC[C@H](C)C(C(CC(=O)N1CCCC1C(OC)C(C)C(=O)NC(C)C(O)c1ccccc1)OC)N(C)C(=O)CNC(=O)C(C(C)C)N(C)C(=O)c1ccc(C(C)=O)cc1. The Morgan fingerprint density at radius 2 is 1.47 bits per heavy atom. The molecule has 0 aliphatic carbocycles. The third kappa shape index (κ3) is 12.4. The third-order valence-corrected chi connectivity index (χ3v) is 11.9. The fourth-order valence-electron chi connectivity index (χ4n) is 8.19. The van der Waals surface area contributed by atoms with Crippen molar-refractivity contribution in [1.29, 1.82) is 0 Å². The molecule has 14 heteroatoms. The molecule has 2 aromatic rings. The molecular weight excluding hydrogens is 755 g/mol. The first-order chi connectivity index (χ1) is 27.9. The Morgan fingerprint density at radius 1 is 0.864 bits per heavy atom. The third-order valence-electron chi connectivity index (χ3n) is 11.9. The summed E-state index contributed by atoms with van der Waals surface area (Å²) in [6.07, 6.45) is -0.186. The summed E-state index contributed by atoms with van der Waals surface area (Å²) < 4.78 is 11.9. The van der Waals surface area contributed by atoms with Crippen molar-refractivity contribution in [2.45, 2.75) is 117 Å². The lowest BCUT2D eigenvalue weighted by Gasteiger charge is -2.39. The Labute approximate surface area is 350 Å². The number of aliphatic hydroxyl groups is 1. The molecule has 0 aromatic heterocycles. The van der Waals surface area contributed by atoms with E-state index in [1.807, 2.05) is 45.9 Å². The lowest BCUT2D eigenvalue weighted by molar-refractivity contribution is -0.146. The van der Waals surface area contributed by atoms with E-state index in [-0.39, 0.29) is 54.3 Å². The predicted molar refractivity (Wildman–Crippen MR) is 225 cm³/mol. The molecule has 8 unspecified atom stereocenters. The van der Waals surface area contributed by atoms with Crippen LogP contribution in [0.3, 0.4) is 0 Å². The Kier molecular flexibility index (Phi) is 18.7. The zero-order chi connectivity index (χ0) is 44.1. The highest BCUT2D eigenvalue weighted by molar-refractivity contribution is 6.00. The molecule has 9 atom stereocenters. The molecule has 1 aliphatic rings. The van der Waals surface area contributed by atoms with Crippen molar-refractivity contribution >= 4 is 35.3 Å². The second-order valence-electron chi connectivity index (χ2n) is 16.3. The fourth-order valence-corrected chi connectivity index (χ4v) is 8.19. The Morgan fingerprint density at radius 3 is 2.02 bits per heavy atom. The standard InChI is InChI=1S/C45H67N5O9/c1-12-28(4)40(48(8)38(53)26-46-44(56)39(27(2)3)49(9)45(57)34-22-20-32(21-23-34)31(7)51)36(58-10)25-37(52)50-24-16-19-35(50)42(59-11)29(5)43(55)47-30(6)41(54)33-17-14-13-15-18-33/h13-15,17-18,20-23,27-30,35-36,39-42,54H,12,16,19,24-26H2,1-11H3,(H,46,56)(H,47,55)/t28-,29?,30?,35?,36?,39?,40?,41?,42?/m0/s1. The smallest absolute Gasteiger partial charge is 0.254 e. The van der Waals surface area contributed by atoms with Gasteiger partial charge >= 0.3 is 0 Å². The average Bonchev–Trinajstić information content (AvgIpc) is 3.71. The number of carbonyl (C=O) groups is 6. The van der Waals surface area contributed by atoms with Crippen molar-refractivity contribution in [2.24, 2.45) is 17.8 Å². The van der Waals surface area contributed by atoms with Gasteiger partial charge in [0.1, 0.15) is 6.04 Å². The topological polar surface area (TPSA) is 175 Å². The molecule has 14 nitrogen and oxygen atoms in total. The molecular formula is C45H67N5O9. The van der Waals surface area contributed by atoms with Gasteiger partial charge in [0.05, 0.1) is 55.3 Å². The summed E-state index contributed by atoms with van der Waals surface area (Å²) in [5.41, 5.74) is 1.49. The minimum absolute atomic E-state index is 0.0287. The number of Topliss-reactive ketones (excluding diaryl/α,β-unsaturated/α-hetero) is 1. The second kappa shape index (κ2) is 22.6. The van der Waals surface area contributed by atoms with Gasteiger partial charge in [-0.25, -0.2) is 0 Å². The normalized spacial score (nSPS) is 18.1. The van der Waals surface area contributed by atoms with Crippen LogP contribution in [-0.4, -0.2) is 133 Å². The van der Waals surface area contributed by atoms with E-state index in [1.54, 1.807) is 62.2 Å². The number of hydrogen-bond acceptors (Lipinski definition) is 9. The number of amides is 5. The van der Waals surface area contributed by atoms with E-state index < -0.39 is 54.2 Å². The number of rotatable bonds is 21. The first-order valence-electron chi connectivity index (χ1n) is 20.7. The average molecular weight is 822 g/mol. The highest BCUT2D eigenvalue weighted by Crippen LogP contribution is 2.30. The van der Waals surface area contributed by atoms with E-state index in [2.05, 4.69) is 10.6 Å². The van der Waals surface area contributed by atoms with Gasteiger partial charge in [0.2, 0.25) is 23.6 Å². The molecule has 0 spiro atoms. The van der Waals surface area contributed by atoms with Crippen LogP contribution in [0.5, 0.6) is 0 Å². The minimum atomic E-state index is -0.900. The molecule has 1 saturated heterocycles. The molecule has 0 bridgehead atoms. The number of likely N-dealkylation sites (N-methyl/N-ethyl adjacent to an activating group) is 2. The molecule has 5 amide bonds. The summed E-state index contributed by atoms with van der Waals surface area (Å²) in [6, 6.07) is 13.0. The maximum absolute atomic E-state index is 14.1. The Hall–Kier alpha value is -4.66. The number of ether oxygens (including phenoxy) is 2. The van der Waals surface area contributed by atoms with Crippen molar-refractivity contribution in [1.82, 2.24) is 25.3 Å². The molecule has 326 valence electrons. The van der Waals surface area contributed by atoms with Crippen LogP contribution in [0.25, 0.3) is 0 Å². The van der Waals surface area contributed by atoms with Gasteiger partial charge in [-0.1, -0.05) is 83.5 Å². The summed E-state index contributed by atoms with van der Waals surface area (Å²) in [7, 11) is 6.21. The monoisotopic (exact) mass is 821 g/mol. The largest absolute Gasteiger partial charge is 0.386 e. The summed E-state index contributed by atoms with van der Waals surface area (Å²) in [5.74, 6) is -2.90. The fraction of sp³-hybridized carbons (Fsp3) is 0.600. The van der Waals surface area contributed by atoms with Crippen LogP contribution in [0, 0.1) is 17.8 Å². The van der Waals surface area contributed by atoms with Gasteiger partial charge in [-0.3, -0.25) is 28.8 Å². The van der Waals surface area contributed by atoms with E-state index in [0.717, 1.165) is 6.42 Å². The van der Waals surface area contributed by atoms with Crippen molar-refractivity contribution in [3.05, 3.63) is 71.3 Å². The van der Waals surface area contributed by atoms with Crippen LogP contribution in [0.4, 0.5) is 0 Å². The molecule has 2 aromatic carbocycles. The van der Waals surface area contributed by atoms with Gasteiger partial charge < -0.3 is 39.9 Å². The summed E-state index contributed by atoms with van der Waals surface area (Å²) in [4.78, 5) is 84.7. The van der Waals surface area contributed by atoms with Crippen molar-refractivity contribution in [2.75, 3.05) is 41.4 Å². The number of nitrogens with one attached hydrogen (secondary N) is 2. The molecule has 59 heavy (non-hydrogen) atoms. The molecule has 0 saturated carbocycles. The van der Waals surface area contributed by atoms with Crippen molar-refractivity contribution < 1.29 is 43.3 Å². The highest BCUT2D eigenvalue weighted by atomic mass is 16.5. The predicted octanol–water partition coefficient (Wildman–Crippen LogP) is 4.26. The summed E-state index contributed by atoms with van der Waals surface area (Å²) in [5, 5.41) is 16.5. The van der Waals surface area contributed by atoms with Gasteiger partial charge in [0, 0.05) is 46.0 Å². The van der Waals surface area contributed by atoms with Crippen LogP contribution >= 0.6 is 0 Å². The number of ketones is 1. The summed E-state index contributed by atoms with van der Waals surface area (Å²) in [6.45, 7) is 12.7. The zero-order valence-electron chi connectivity index (χ0n) is 36.8. The van der Waals surface area contributed by atoms with Crippen LogP contribution in [0.1, 0.15) is 107 Å². The van der Waals surface area contributed by atoms with Gasteiger partial charge in [0.15, 0.2) is 5.78 Å². The van der Waals surface area contributed by atoms with Crippen molar-refractivity contribution in [3.8, 4) is 0 Å².